The van der Waals surface area contributed by atoms with Gasteiger partial charge in [-0.25, -0.2) is 4.79 Å². The molecule has 2 N–H and O–H groups in total. The zero-order valence-electron chi connectivity index (χ0n) is 12.4. The van der Waals surface area contributed by atoms with E-state index in [4.69, 9.17) is 5.11 Å². The summed E-state index contributed by atoms with van der Waals surface area (Å²) >= 11 is 0. The molecule has 0 radical (unpaired) electrons. The highest BCUT2D eigenvalue weighted by Gasteiger charge is 2.25. The highest BCUT2D eigenvalue weighted by molar-refractivity contribution is 5.88. The van der Waals surface area contributed by atoms with Crippen LogP contribution in [0.4, 0.5) is 4.79 Å². The molecule has 1 aliphatic heterocycles. The lowest BCUT2D eigenvalue weighted by atomic mass is 10.1. The van der Waals surface area contributed by atoms with Gasteiger partial charge in [-0.05, 0) is 26.2 Å². The molecule has 118 valence electrons. The van der Waals surface area contributed by atoms with Crippen molar-refractivity contribution >= 4 is 17.9 Å². The Morgan fingerprint density at radius 1 is 1.33 bits per heavy atom. The van der Waals surface area contributed by atoms with Crippen LogP contribution in [0.2, 0.25) is 0 Å². The fourth-order valence-corrected chi connectivity index (χ4v) is 2.26. The van der Waals surface area contributed by atoms with Gasteiger partial charge in [0, 0.05) is 19.6 Å². The van der Waals surface area contributed by atoms with Crippen LogP contribution in [0.3, 0.4) is 0 Å². The Labute approximate surface area is 124 Å². The first-order valence-corrected chi connectivity index (χ1v) is 7.12. The molecule has 0 aromatic carbocycles. The Morgan fingerprint density at radius 3 is 2.48 bits per heavy atom. The molecule has 1 heterocycles. The predicted molar refractivity (Wildman–Crippen MR) is 77.8 cm³/mol. The number of nitrogens with zero attached hydrogens (tertiary/aromatic N) is 2. The van der Waals surface area contributed by atoms with E-state index < -0.39 is 24.6 Å². The molecule has 7 heteroatoms. The van der Waals surface area contributed by atoms with Gasteiger partial charge in [-0.3, -0.25) is 9.59 Å². The Kier molecular flexibility index (Phi) is 6.71. The lowest BCUT2D eigenvalue weighted by Crippen LogP contribution is -2.52. The molecule has 3 amide bonds. The molecule has 0 aromatic heterocycles. The van der Waals surface area contributed by atoms with Gasteiger partial charge in [0.1, 0.15) is 12.6 Å². The van der Waals surface area contributed by atoms with Crippen LogP contribution in [-0.2, 0) is 9.59 Å². The molecule has 1 atom stereocenters. The van der Waals surface area contributed by atoms with Crippen LogP contribution in [-0.4, -0.2) is 65.0 Å². The monoisotopic (exact) mass is 297 g/mol. The fourth-order valence-electron chi connectivity index (χ4n) is 2.26. The van der Waals surface area contributed by atoms with Gasteiger partial charge < -0.3 is 20.2 Å². The van der Waals surface area contributed by atoms with Crippen molar-refractivity contribution in [2.45, 2.75) is 32.2 Å². The van der Waals surface area contributed by atoms with E-state index in [0.717, 1.165) is 24.2 Å². The summed E-state index contributed by atoms with van der Waals surface area (Å²) in [4.78, 5) is 37.7. The highest BCUT2D eigenvalue weighted by atomic mass is 16.4. The molecule has 0 saturated carbocycles. The average Bonchev–Trinajstić information content (AvgIpc) is 2.46. The summed E-state index contributed by atoms with van der Waals surface area (Å²) in [5, 5.41) is 11.3. The third kappa shape index (κ3) is 5.45. The van der Waals surface area contributed by atoms with E-state index in [1.807, 2.05) is 0 Å². The lowest BCUT2D eigenvalue weighted by molar-refractivity contribution is -0.137. The number of aliphatic carboxylic acids is 1. The third-order valence-electron chi connectivity index (χ3n) is 3.34. The van der Waals surface area contributed by atoms with Gasteiger partial charge in [-0.1, -0.05) is 6.08 Å². The van der Waals surface area contributed by atoms with Crippen molar-refractivity contribution in [1.82, 2.24) is 15.1 Å². The number of hydrogen-bond donors (Lipinski definition) is 2. The second-order valence-electron chi connectivity index (χ2n) is 5.12. The molecule has 21 heavy (non-hydrogen) atoms. The number of rotatable bonds is 6. The van der Waals surface area contributed by atoms with E-state index in [-0.39, 0.29) is 12.5 Å². The molecule has 1 fully saturated rings. The van der Waals surface area contributed by atoms with Gasteiger partial charge in [0.25, 0.3) is 0 Å². The first-order valence-electron chi connectivity index (χ1n) is 7.12. The SMILES string of the molecule is C=CCN(CC(=O)O)C(=O)NC(C)C(=O)N1CCCCC1. The molecule has 0 bridgehead atoms. The summed E-state index contributed by atoms with van der Waals surface area (Å²) in [6.07, 6.45) is 4.53. The van der Waals surface area contributed by atoms with Crippen LogP contribution < -0.4 is 5.32 Å². The summed E-state index contributed by atoms with van der Waals surface area (Å²) in [5.41, 5.74) is 0. The van der Waals surface area contributed by atoms with Gasteiger partial charge in [-0.2, -0.15) is 0 Å². The number of nitrogens with one attached hydrogen (secondary N) is 1. The number of amides is 3. The number of carbonyl (C=O) groups excluding carboxylic acids is 2. The van der Waals surface area contributed by atoms with Crippen LogP contribution in [0.1, 0.15) is 26.2 Å². The van der Waals surface area contributed by atoms with Crippen molar-refractivity contribution < 1.29 is 19.5 Å². The Hall–Kier alpha value is -2.05. The molecule has 0 spiro atoms. The molecule has 0 aliphatic carbocycles. The zero-order valence-corrected chi connectivity index (χ0v) is 12.4. The quantitative estimate of drug-likeness (QED) is 0.705. The predicted octanol–water partition coefficient (Wildman–Crippen LogP) is 0.670. The smallest absolute Gasteiger partial charge is 0.323 e. The van der Waals surface area contributed by atoms with Crippen LogP contribution in [0, 0.1) is 0 Å². The zero-order chi connectivity index (χ0) is 15.8. The van der Waals surface area contributed by atoms with Crippen LogP contribution in [0.5, 0.6) is 0 Å². The largest absolute Gasteiger partial charge is 0.480 e. The summed E-state index contributed by atoms with van der Waals surface area (Å²) in [7, 11) is 0. The number of urea groups is 1. The number of likely N-dealkylation sites (tertiary alicyclic amines) is 1. The van der Waals surface area contributed by atoms with Crippen LogP contribution in [0.15, 0.2) is 12.7 Å². The molecular weight excluding hydrogens is 274 g/mol. The average molecular weight is 297 g/mol. The lowest BCUT2D eigenvalue weighted by Gasteiger charge is -2.30. The van der Waals surface area contributed by atoms with Crippen LogP contribution in [0.25, 0.3) is 0 Å². The first-order chi connectivity index (χ1) is 9.95. The number of carboxylic acids is 1. The van der Waals surface area contributed by atoms with Crippen molar-refractivity contribution in [2.75, 3.05) is 26.2 Å². The maximum absolute atomic E-state index is 12.2. The van der Waals surface area contributed by atoms with Crippen molar-refractivity contribution in [1.29, 1.82) is 0 Å². The van der Waals surface area contributed by atoms with E-state index >= 15 is 0 Å². The summed E-state index contributed by atoms with van der Waals surface area (Å²) in [6.45, 7) is 6.21. The number of carbonyl (C=O) groups is 3. The van der Waals surface area contributed by atoms with E-state index in [9.17, 15) is 14.4 Å². The maximum Gasteiger partial charge on any atom is 0.323 e. The number of piperidine rings is 1. The molecule has 1 rings (SSSR count). The molecule has 1 unspecified atom stereocenters. The Bertz CT molecular complexity index is 405. The highest BCUT2D eigenvalue weighted by Crippen LogP contribution is 2.10. The number of hydrogen-bond acceptors (Lipinski definition) is 3. The second kappa shape index (κ2) is 8.28. The molecule has 1 saturated heterocycles. The minimum Gasteiger partial charge on any atom is -0.480 e. The van der Waals surface area contributed by atoms with Crippen molar-refractivity contribution in [3.63, 3.8) is 0 Å². The Balaban J connectivity index is 2.55. The third-order valence-corrected chi connectivity index (χ3v) is 3.34. The summed E-state index contributed by atoms with van der Waals surface area (Å²) in [6, 6.07) is -1.24. The molecule has 1 aliphatic rings. The maximum atomic E-state index is 12.2. The normalized spacial score (nSPS) is 16.0. The standard InChI is InChI=1S/C14H23N3O4/c1-3-7-17(10-12(18)19)14(21)15-11(2)13(20)16-8-5-4-6-9-16/h3,11H,1,4-10H2,2H3,(H,15,21)(H,18,19). The summed E-state index contributed by atoms with van der Waals surface area (Å²) < 4.78 is 0. The van der Waals surface area contributed by atoms with E-state index in [0.29, 0.717) is 13.1 Å². The molecule has 0 aromatic rings. The topological polar surface area (TPSA) is 90.0 Å². The van der Waals surface area contributed by atoms with E-state index in [1.54, 1.807) is 11.8 Å². The van der Waals surface area contributed by atoms with Crippen molar-refractivity contribution in [3.8, 4) is 0 Å². The minimum absolute atomic E-state index is 0.114. The van der Waals surface area contributed by atoms with Gasteiger partial charge in [-0.15, -0.1) is 6.58 Å². The fraction of sp³-hybridized carbons (Fsp3) is 0.643. The van der Waals surface area contributed by atoms with E-state index in [1.165, 1.54) is 6.08 Å². The van der Waals surface area contributed by atoms with E-state index in [2.05, 4.69) is 11.9 Å². The van der Waals surface area contributed by atoms with Gasteiger partial charge in [0.05, 0.1) is 0 Å². The summed E-state index contributed by atoms with van der Waals surface area (Å²) in [5.74, 6) is -1.24. The first kappa shape index (κ1) is 17.0. The number of carboxylic acid groups (broad SMARTS) is 1. The second-order valence-corrected chi connectivity index (χ2v) is 5.12. The molecule has 7 nitrogen and oxygen atoms in total. The van der Waals surface area contributed by atoms with Crippen molar-refractivity contribution in [3.05, 3.63) is 12.7 Å². The van der Waals surface area contributed by atoms with Gasteiger partial charge >= 0.3 is 12.0 Å². The molecular formula is C14H23N3O4. The van der Waals surface area contributed by atoms with Gasteiger partial charge in [0.15, 0.2) is 0 Å². The Morgan fingerprint density at radius 2 is 1.95 bits per heavy atom. The van der Waals surface area contributed by atoms with Crippen LogP contribution >= 0.6 is 0 Å². The van der Waals surface area contributed by atoms with Crippen molar-refractivity contribution in [2.24, 2.45) is 0 Å². The van der Waals surface area contributed by atoms with Gasteiger partial charge in [0.2, 0.25) is 5.91 Å². The minimum atomic E-state index is -1.11.